The molecule has 4 bridgehead atoms. The van der Waals surface area contributed by atoms with E-state index in [1.165, 1.54) is 25.5 Å². The first-order valence-corrected chi connectivity index (χ1v) is 10.3. The molecule has 0 aromatic carbocycles. The van der Waals surface area contributed by atoms with Gasteiger partial charge < -0.3 is 10.3 Å². The van der Waals surface area contributed by atoms with Crippen LogP contribution in [0.3, 0.4) is 0 Å². The SMILES string of the molecule is Cc1cc(CNC(=O)c2cnc(C34CC5CC(CC(C5)C3)C4)[nH]c2=O)nn1C. The molecule has 4 aliphatic rings. The van der Waals surface area contributed by atoms with E-state index in [4.69, 9.17) is 0 Å². The molecule has 0 spiro atoms. The summed E-state index contributed by atoms with van der Waals surface area (Å²) in [5.41, 5.74) is 1.54. The van der Waals surface area contributed by atoms with Gasteiger partial charge in [-0.15, -0.1) is 0 Å². The van der Waals surface area contributed by atoms with E-state index in [-0.39, 0.29) is 23.1 Å². The van der Waals surface area contributed by atoms with Gasteiger partial charge in [0.05, 0.1) is 12.2 Å². The molecule has 0 atom stereocenters. The van der Waals surface area contributed by atoms with Crippen molar-refractivity contribution in [2.24, 2.45) is 24.8 Å². The van der Waals surface area contributed by atoms with Gasteiger partial charge in [0.1, 0.15) is 11.4 Å². The summed E-state index contributed by atoms with van der Waals surface area (Å²) in [5.74, 6) is 2.73. The molecule has 7 nitrogen and oxygen atoms in total. The second-order valence-corrected chi connectivity index (χ2v) is 9.26. The van der Waals surface area contributed by atoms with Crippen molar-refractivity contribution in [3.05, 3.63) is 45.4 Å². The topological polar surface area (TPSA) is 92.7 Å². The molecule has 4 aliphatic carbocycles. The summed E-state index contributed by atoms with van der Waals surface area (Å²) in [7, 11) is 1.86. The fourth-order valence-electron chi connectivity index (χ4n) is 6.21. The minimum Gasteiger partial charge on any atom is -0.346 e. The average Bonchev–Trinajstić information content (AvgIpc) is 2.96. The van der Waals surface area contributed by atoms with E-state index >= 15 is 0 Å². The van der Waals surface area contributed by atoms with E-state index < -0.39 is 5.91 Å². The number of carbonyl (C=O) groups is 1. The second kappa shape index (κ2) is 6.29. The Morgan fingerprint density at radius 1 is 1.25 bits per heavy atom. The molecule has 2 heterocycles. The first-order valence-electron chi connectivity index (χ1n) is 10.3. The Morgan fingerprint density at radius 3 is 2.43 bits per heavy atom. The van der Waals surface area contributed by atoms with E-state index in [0.29, 0.717) is 0 Å². The lowest BCUT2D eigenvalue weighted by atomic mass is 9.49. The first-order chi connectivity index (χ1) is 13.4. The molecule has 0 radical (unpaired) electrons. The highest BCUT2D eigenvalue weighted by Crippen LogP contribution is 2.59. The van der Waals surface area contributed by atoms with Gasteiger partial charge in [0, 0.05) is 24.4 Å². The lowest BCUT2D eigenvalue weighted by molar-refractivity contribution is -0.00953. The van der Waals surface area contributed by atoms with Crippen LogP contribution in [0.4, 0.5) is 0 Å². The van der Waals surface area contributed by atoms with Crippen molar-refractivity contribution < 1.29 is 4.79 Å². The number of nitrogens with zero attached hydrogens (tertiary/aromatic N) is 3. The molecular formula is C21H27N5O2. The number of aromatic nitrogens is 4. The zero-order chi connectivity index (χ0) is 19.5. The molecule has 4 saturated carbocycles. The van der Waals surface area contributed by atoms with Crippen LogP contribution in [0.2, 0.25) is 0 Å². The third-order valence-corrected chi connectivity index (χ3v) is 7.18. The number of hydrogen-bond acceptors (Lipinski definition) is 4. The normalized spacial score (nSPS) is 30.6. The highest BCUT2D eigenvalue weighted by Gasteiger charge is 2.52. The van der Waals surface area contributed by atoms with E-state index in [1.807, 2.05) is 20.0 Å². The predicted octanol–water partition coefficient (Wildman–Crippen LogP) is 2.21. The molecule has 7 heteroatoms. The monoisotopic (exact) mass is 381 g/mol. The van der Waals surface area contributed by atoms with Crippen molar-refractivity contribution in [3.8, 4) is 0 Å². The van der Waals surface area contributed by atoms with Gasteiger partial charge in [-0.3, -0.25) is 14.3 Å². The van der Waals surface area contributed by atoms with Gasteiger partial charge in [0.2, 0.25) is 0 Å². The molecule has 1 amide bonds. The maximum Gasteiger partial charge on any atom is 0.263 e. The third-order valence-electron chi connectivity index (χ3n) is 7.18. The number of H-pyrrole nitrogens is 1. The average molecular weight is 381 g/mol. The molecule has 2 N–H and O–H groups in total. The standard InChI is InChI=1S/C21H27N5O2/c1-12-3-16(25-26(12)2)10-22-18(27)17-11-23-20(24-19(17)28)21-7-13-4-14(8-21)6-15(5-13)9-21/h3,11,13-15H,4-10H2,1-2H3,(H,22,27)(H,23,24,28). The summed E-state index contributed by atoms with van der Waals surface area (Å²) in [5, 5.41) is 7.10. The van der Waals surface area contributed by atoms with Crippen LogP contribution in [-0.4, -0.2) is 25.7 Å². The molecule has 28 heavy (non-hydrogen) atoms. The number of hydrogen-bond donors (Lipinski definition) is 2. The number of aryl methyl sites for hydroxylation is 2. The molecule has 4 fully saturated rings. The fourth-order valence-corrected chi connectivity index (χ4v) is 6.21. The Hall–Kier alpha value is -2.44. The number of carbonyl (C=O) groups excluding carboxylic acids is 1. The molecule has 0 unspecified atom stereocenters. The summed E-state index contributed by atoms with van der Waals surface area (Å²) in [6.45, 7) is 2.24. The molecule has 6 rings (SSSR count). The molecule has 148 valence electrons. The summed E-state index contributed by atoms with van der Waals surface area (Å²) < 4.78 is 1.76. The van der Waals surface area contributed by atoms with E-state index in [1.54, 1.807) is 4.68 Å². The Labute approximate surface area is 163 Å². The van der Waals surface area contributed by atoms with Crippen molar-refractivity contribution in [3.63, 3.8) is 0 Å². The van der Waals surface area contributed by atoms with E-state index in [2.05, 4.69) is 20.4 Å². The van der Waals surface area contributed by atoms with Gasteiger partial charge in [0.25, 0.3) is 11.5 Å². The van der Waals surface area contributed by atoms with E-state index in [0.717, 1.165) is 54.2 Å². The zero-order valence-corrected chi connectivity index (χ0v) is 16.5. The van der Waals surface area contributed by atoms with Crippen LogP contribution in [0.25, 0.3) is 0 Å². The minimum absolute atomic E-state index is 0.0222. The van der Waals surface area contributed by atoms with Crippen LogP contribution in [0.1, 0.15) is 66.1 Å². The predicted molar refractivity (Wildman–Crippen MR) is 104 cm³/mol. The Morgan fingerprint density at radius 2 is 1.89 bits per heavy atom. The highest BCUT2D eigenvalue weighted by molar-refractivity contribution is 5.93. The second-order valence-electron chi connectivity index (χ2n) is 9.26. The molecule has 2 aromatic rings. The quantitative estimate of drug-likeness (QED) is 0.849. The zero-order valence-electron chi connectivity index (χ0n) is 16.5. The summed E-state index contributed by atoms with van der Waals surface area (Å²) in [6.07, 6.45) is 8.89. The maximum absolute atomic E-state index is 12.7. The smallest absolute Gasteiger partial charge is 0.263 e. The molecule has 2 aromatic heterocycles. The summed E-state index contributed by atoms with van der Waals surface area (Å²) in [6, 6.07) is 1.92. The number of amides is 1. The number of rotatable bonds is 4. The van der Waals surface area contributed by atoms with Crippen LogP contribution >= 0.6 is 0 Å². The van der Waals surface area contributed by atoms with Crippen molar-refractivity contribution in [1.82, 2.24) is 25.1 Å². The number of aromatic amines is 1. The molecule has 0 aliphatic heterocycles. The summed E-state index contributed by atoms with van der Waals surface area (Å²) >= 11 is 0. The number of nitrogens with one attached hydrogen (secondary N) is 2. The maximum atomic E-state index is 12.7. The third kappa shape index (κ3) is 2.88. The summed E-state index contributed by atoms with van der Waals surface area (Å²) in [4.78, 5) is 32.7. The minimum atomic E-state index is -0.408. The molecule has 0 saturated heterocycles. The van der Waals surface area contributed by atoms with Crippen molar-refractivity contribution >= 4 is 5.91 Å². The lowest BCUT2D eigenvalue weighted by Gasteiger charge is -2.56. The van der Waals surface area contributed by atoms with Crippen LogP contribution < -0.4 is 10.9 Å². The van der Waals surface area contributed by atoms with Gasteiger partial charge in [0.15, 0.2) is 0 Å². The van der Waals surface area contributed by atoms with Crippen LogP contribution in [0.5, 0.6) is 0 Å². The van der Waals surface area contributed by atoms with Gasteiger partial charge in [-0.1, -0.05) is 0 Å². The van der Waals surface area contributed by atoms with Crippen LogP contribution in [0.15, 0.2) is 17.1 Å². The van der Waals surface area contributed by atoms with Crippen LogP contribution in [0, 0.1) is 24.7 Å². The van der Waals surface area contributed by atoms with Crippen molar-refractivity contribution in [2.75, 3.05) is 0 Å². The van der Waals surface area contributed by atoms with Crippen LogP contribution in [-0.2, 0) is 19.0 Å². The first kappa shape index (κ1) is 17.6. The van der Waals surface area contributed by atoms with Crippen molar-refractivity contribution in [1.29, 1.82) is 0 Å². The Balaban J connectivity index is 1.34. The van der Waals surface area contributed by atoms with Gasteiger partial charge >= 0.3 is 0 Å². The Kier molecular flexibility index (Phi) is 3.96. The highest BCUT2D eigenvalue weighted by atomic mass is 16.2. The molecular weight excluding hydrogens is 354 g/mol. The van der Waals surface area contributed by atoms with Gasteiger partial charge in [-0.25, -0.2) is 4.98 Å². The lowest BCUT2D eigenvalue weighted by Crippen LogP contribution is -2.50. The largest absolute Gasteiger partial charge is 0.346 e. The van der Waals surface area contributed by atoms with Gasteiger partial charge in [-0.2, -0.15) is 5.10 Å². The Bertz CT molecular complexity index is 934. The van der Waals surface area contributed by atoms with Crippen molar-refractivity contribution in [2.45, 2.75) is 57.4 Å². The van der Waals surface area contributed by atoms with E-state index in [9.17, 15) is 9.59 Å². The van der Waals surface area contributed by atoms with Gasteiger partial charge in [-0.05, 0) is 69.3 Å². The fraction of sp³-hybridized carbons (Fsp3) is 0.619.